The van der Waals surface area contributed by atoms with Crippen LogP contribution in [0.25, 0.3) is 10.2 Å². The van der Waals surface area contributed by atoms with E-state index in [0.29, 0.717) is 36.1 Å². The van der Waals surface area contributed by atoms with Crippen molar-refractivity contribution >= 4 is 33.3 Å². The number of anilines is 1. The van der Waals surface area contributed by atoms with Gasteiger partial charge in [0.15, 0.2) is 5.78 Å². The van der Waals surface area contributed by atoms with E-state index in [9.17, 15) is 9.18 Å². The number of ketones is 1. The second-order valence-electron chi connectivity index (χ2n) is 6.32. The van der Waals surface area contributed by atoms with E-state index in [2.05, 4.69) is 20.3 Å². The van der Waals surface area contributed by atoms with Crippen molar-refractivity contribution in [3.05, 3.63) is 47.0 Å². The molecule has 0 unspecified atom stereocenters. The Hall–Kier alpha value is -2.41. The van der Waals surface area contributed by atoms with Crippen LogP contribution in [0.3, 0.4) is 0 Å². The van der Waals surface area contributed by atoms with Crippen molar-refractivity contribution in [1.82, 2.24) is 15.0 Å². The Bertz CT molecular complexity index is 922. The molecule has 5 nitrogen and oxygen atoms in total. The molecule has 4 rings (SSSR count). The predicted molar refractivity (Wildman–Crippen MR) is 95.2 cm³/mol. The van der Waals surface area contributed by atoms with Crippen LogP contribution in [0.1, 0.15) is 41.7 Å². The summed E-state index contributed by atoms with van der Waals surface area (Å²) in [6.07, 6.45) is 6.77. The molecule has 7 heteroatoms. The van der Waals surface area contributed by atoms with Crippen molar-refractivity contribution in [1.29, 1.82) is 0 Å². The summed E-state index contributed by atoms with van der Waals surface area (Å²) < 4.78 is 14.1. The first kappa shape index (κ1) is 16.1. The van der Waals surface area contributed by atoms with Crippen molar-refractivity contribution in [3.63, 3.8) is 0 Å². The molecule has 0 spiro atoms. The third-order valence-corrected chi connectivity index (χ3v) is 5.39. The van der Waals surface area contributed by atoms with Gasteiger partial charge in [-0.05, 0) is 29.0 Å². The Morgan fingerprint density at radius 3 is 2.96 bits per heavy atom. The van der Waals surface area contributed by atoms with Crippen LogP contribution in [-0.2, 0) is 6.54 Å². The fraction of sp³-hybridized carbons (Fsp3) is 0.333. The molecule has 0 atom stereocenters. The number of hydrogen-bond acceptors (Lipinski definition) is 6. The molecule has 1 aliphatic carbocycles. The van der Waals surface area contributed by atoms with Gasteiger partial charge in [0, 0.05) is 19.2 Å². The van der Waals surface area contributed by atoms with Crippen LogP contribution < -0.4 is 5.32 Å². The molecule has 1 fully saturated rings. The van der Waals surface area contributed by atoms with Gasteiger partial charge >= 0.3 is 0 Å². The van der Waals surface area contributed by atoms with Crippen molar-refractivity contribution in [2.45, 2.75) is 32.2 Å². The average Bonchev–Trinajstić information content (AvgIpc) is 3.04. The number of hydrogen-bond donors (Lipinski definition) is 1. The van der Waals surface area contributed by atoms with E-state index in [1.165, 1.54) is 23.8 Å². The monoisotopic (exact) mass is 356 g/mol. The lowest BCUT2D eigenvalue weighted by Gasteiger charge is -2.24. The molecular formula is C18H17FN4OS. The summed E-state index contributed by atoms with van der Waals surface area (Å²) in [7, 11) is 0. The quantitative estimate of drug-likeness (QED) is 0.670. The molecule has 0 bridgehead atoms. The minimum atomic E-state index is -0.384. The largest absolute Gasteiger partial charge is 0.350 e. The van der Waals surface area contributed by atoms with E-state index in [-0.39, 0.29) is 11.6 Å². The SMILES string of the molecule is O=C(CC1CCC1)c1nc(NCc2cncc(F)c2)nc2ccsc12. The molecular weight excluding hydrogens is 339 g/mol. The second-order valence-corrected chi connectivity index (χ2v) is 7.24. The summed E-state index contributed by atoms with van der Waals surface area (Å²) in [4.78, 5) is 25.4. The van der Waals surface area contributed by atoms with Gasteiger partial charge in [-0.2, -0.15) is 0 Å². The van der Waals surface area contributed by atoms with Crippen molar-refractivity contribution in [2.75, 3.05) is 5.32 Å². The summed E-state index contributed by atoms with van der Waals surface area (Å²) >= 11 is 1.49. The Balaban J connectivity index is 1.57. The topological polar surface area (TPSA) is 67.8 Å². The Morgan fingerprint density at radius 2 is 2.20 bits per heavy atom. The zero-order valence-corrected chi connectivity index (χ0v) is 14.4. The summed E-state index contributed by atoms with van der Waals surface area (Å²) in [5, 5.41) is 4.99. The molecule has 3 heterocycles. The van der Waals surface area contributed by atoms with Gasteiger partial charge in [0.25, 0.3) is 0 Å². The molecule has 3 aromatic rings. The smallest absolute Gasteiger partial charge is 0.224 e. The lowest BCUT2D eigenvalue weighted by molar-refractivity contribution is 0.0933. The highest BCUT2D eigenvalue weighted by atomic mass is 32.1. The molecule has 0 saturated heterocycles. The van der Waals surface area contributed by atoms with E-state index in [1.54, 1.807) is 6.20 Å². The number of Topliss-reactive ketones (excluding diaryl/α,β-unsaturated/α-hetero) is 1. The number of carbonyl (C=O) groups excluding carboxylic acids is 1. The number of halogens is 1. The van der Waals surface area contributed by atoms with Crippen molar-refractivity contribution in [2.24, 2.45) is 5.92 Å². The standard InChI is InChI=1S/C18H17FN4OS/c19-13-6-12(8-20-10-13)9-21-18-22-14-4-5-25-17(14)16(23-18)15(24)7-11-2-1-3-11/h4-6,8,10-11H,1-3,7,9H2,(H,21,22,23). The number of aromatic nitrogens is 3. The number of fused-ring (bicyclic) bond motifs is 1. The zero-order chi connectivity index (χ0) is 17.2. The van der Waals surface area contributed by atoms with Crippen molar-refractivity contribution in [3.8, 4) is 0 Å². The van der Waals surface area contributed by atoms with E-state index < -0.39 is 0 Å². The van der Waals surface area contributed by atoms with E-state index >= 15 is 0 Å². The molecule has 0 amide bonds. The number of nitrogens with zero attached hydrogens (tertiary/aromatic N) is 3. The Morgan fingerprint density at radius 1 is 1.32 bits per heavy atom. The highest BCUT2D eigenvalue weighted by Gasteiger charge is 2.24. The fourth-order valence-electron chi connectivity index (χ4n) is 2.92. The number of thiophene rings is 1. The van der Waals surface area contributed by atoms with Crippen LogP contribution in [0.15, 0.2) is 29.9 Å². The van der Waals surface area contributed by atoms with Crippen LogP contribution in [0.2, 0.25) is 0 Å². The van der Waals surface area contributed by atoms with Crippen LogP contribution in [0.5, 0.6) is 0 Å². The van der Waals surface area contributed by atoms with Gasteiger partial charge in [-0.25, -0.2) is 14.4 Å². The lowest BCUT2D eigenvalue weighted by Crippen LogP contribution is -2.17. The van der Waals surface area contributed by atoms with E-state index in [4.69, 9.17) is 0 Å². The van der Waals surface area contributed by atoms with E-state index in [0.717, 1.165) is 29.3 Å². The molecule has 0 aliphatic heterocycles. The Labute approximate surface area is 148 Å². The highest BCUT2D eigenvalue weighted by molar-refractivity contribution is 7.17. The number of rotatable bonds is 6. The predicted octanol–water partition coefficient (Wildman–Crippen LogP) is 4.21. The number of pyridine rings is 1. The maximum absolute atomic E-state index is 13.2. The fourth-order valence-corrected chi connectivity index (χ4v) is 3.76. The van der Waals surface area contributed by atoms with Gasteiger partial charge in [0.2, 0.25) is 5.95 Å². The molecule has 0 aromatic carbocycles. The number of nitrogens with one attached hydrogen (secondary N) is 1. The minimum absolute atomic E-state index is 0.0787. The maximum Gasteiger partial charge on any atom is 0.224 e. The highest BCUT2D eigenvalue weighted by Crippen LogP contribution is 2.32. The van der Waals surface area contributed by atoms with Crippen molar-refractivity contribution < 1.29 is 9.18 Å². The zero-order valence-electron chi connectivity index (χ0n) is 13.5. The first-order valence-corrected chi connectivity index (χ1v) is 9.19. The summed E-state index contributed by atoms with van der Waals surface area (Å²) in [5.41, 5.74) is 1.94. The first-order valence-electron chi connectivity index (χ1n) is 8.31. The second kappa shape index (κ2) is 6.84. The van der Waals surface area contributed by atoms with Gasteiger partial charge in [-0.15, -0.1) is 11.3 Å². The van der Waals surface area contributed by atoms with Gasteiger partial charge < -0.3 is 5.32 Å². The third-order valence-electron chi connectivity index (χ3n) is 4.48. The van der Waals surface area contributed by atoms with Gasteiger partial charge in [-0.1, -0.05) is 19.3 Å². The summed E-state index contributed by atoms with van der Waals surface area (Å²) in [5.74, 6) is 0.569. The van der Waals surface area contributed by atoms with Gasteiger partial charge in [0.1, 0.15) is 11.5 Å². The minimum Gasteiger partial charge on any atom is -0.350 e. The van der Waals surface area contributed by atoms with Gasteiger partial charge in [0.05, 0.1) is 16.4 Å². The van der Waals surface area contributed by atoms with Crippen LogP contribution in [0.4, 0.5) is 10.3 Å². The lowest BCUT2D eigenvalue weighted by atomic mass is 9.81. The normalized spacial score (nSPS) is 14.4. The van der Waals surface area contributed by atoms with Crippen LogP contribution >= 0.6 is 11.3 Å². The molecule has 128 valence electrons. The van der Waals surface area contributed by atoms with Crippen LogP contribution in [0, 0.1) is 11.7 Å². The molecule has 1 N–H and O–H groups in total. The third kappa shape index (κ3) is 3.51. The summed E-state index contributed by atoms with van der Waals surface area (Å²) in [6.45, 7) is 0.344. The molecule has 1 saturated carbocycles. The molecule has 1 aliphatic rings. The first-order chi connectivity index (χ1) is 12.2. The van der Waals surface area contributed by atoms with Gasteiger partial charge in [-0.3, -0.25) is 9.78 Å². The molecule has 25 heavy (non-hydrogen) atoms. The molecule has 0 radical (unpaired) electrons. The average molecular weight is 356 g/mol. The Kier molecular flexibility index (Phi) is 4.40. The summed E-state index contributed by atoms with van der Waals surface area (Å²) in [6, 6.07) is 3.29. The number of carbonyl (C=O) groups is 1. The van der Waals surface area contributed by atoms with Crippen LogP contribution in [-0.4, -0.2) is 20.7 Å². The maximum atomic E-state index is 13.2. The molecule has 3 aromatic heterocycles. The van der Waals surface area contributed by atoms with E-state index in [1.807, 2.05) is 11.4 Å².